The Labute approximate surface area is 121 Å². The monoisotopic (exact) mass is 275 g/mol. The molecule has 1 fully saturated rings. The summed E-state index contributed by atoms with van der Waals surface area (Å²) in [5.41, 5.74) is 1.51. The molecule has 4 nitrogen and oxygen atoms in total. The van der Waals surface area contributed by atoms with Gasteiger partial charge in [0.05, 0.1) is 0 Å². The van der Waals surface area contributed by atoms with E-state index >= 15 is 0 Å². The van der Waals surface area contributed by atoms with Crippen molar-refractivity contribution >= 4 is 11.6 Å². The van der Waals surface area contributed by atoms with E-state index in [-0.39, 0.29) is 5.91 Å². The fraction of sp³-hybridized carbons (Fsp3) is 0.625. The van der Waals surface area contributed by atoms with E-state index in [1.54, 1.807) is 6.20 Å². The molecule has 1 heterocycles. The van der Waals surface area contributed by atoms with Crippen LogP contribution in [0.1, 0.15) is 62.4 Å². The Bertz CT molecular complexity index is 425. The van der Waals surface area contributed by atoms with Crippen molar-refractivity contribution in [2.24, 2.45) is 0 Å². The summed E-state index contributed by atoms with van der Waals surface area (Å²) >= 11 is 0. The van der Waals surface area contributed by atoms with Gasteiger partial charge in [0.1, 0.15) is 5.69 Å². The fourth-order valence-electron chi connectivity index (χ4n) is 2.63. The van der Waals surface area contributed by atoms with Crippen molar-refractivity contribution in [2.45, 2.75) is 57.9 Å². The van der Waals surface area contributed by atoms with Gasteiger partial charge in [-0.3, -0.25) is 9.78 Å². The molecule has 1 aromatic heterocycles. The van der Waals surface area contributed by atoms with Crippen LogP contribution in [0.5, 0.6) is 0 Å². The van der Waals surface area contributed by atoms with Crippen molar-refractivity contribution in [3.8, 4) is 0 Å². The van der Waals surface area contributed by atoms with Crippen LogP contribution in [0.3, 0.4) is 0 Å². The molecule has 2 rings (SSSR count). The number of pyridine rings is 1. The number of carbonyl (C=O) groups excluding carboxylic acids is 1. The van der Waals surface area contributed by atoms with Gasteiger partial charge in [-0.2, -0.15) is 0 Å². The number of anilines is 1. The highest BCUT2D eigenvalue weighted by atomic mass is 16.1. The smallest absolute Gasteiger partial charge is 0.269 e. The lowest BCUT2D eigenvalue weighted by atomic mass is 10.1. The van der Waals surface area contributed by atoms with Crippen molar-refractivity contribution in [3.63, 3.8) is 0 Å². The van der Waals surface area contributed by atoms with Crippen LogP contribution in [-0.2, 0) is 0 Å². The van der Waals surface area contributed by atoms with Crippen LogP contribution in [0.15, 0.2) is 18.3 Å². The summed E-state index contributed by atoms with van der Waals surface area (Å²) in [6.07, 6.45) is 10.4. The third-order valence-corrected chi connectivity index (χ3v) is 3.75. The SMILES string of the molecule is CCCNC(=O)c1cc(NC2CCCCCC2)ccn1. The van der Waals surface area contributed by atoms with Crippen LogP contribution >= 0.6 is 0 Å². The second kappa shape index (κ2) is 7.88. The van der Waals surface area contributed by atoms with E-state index in [4.69, 9.17) is 0 Å². The van der Waals surface area contributed by atoms with Gasteiger partial charge in [0.2, 0.25) is 0 Å². The van der Waals surface area contributed by atoms with E-state index in [2.05, 4.69) is 15.6 Å². The fourth-order valence-corrected chi connectivity index (χ4v) is 2.63. The van der Waals surface area contributed by atoms with E-state index < -0.39 is 0 Å². The van der Waals surface area contributed by atoms with Gasteiger partial charge >= 0.3 is 0 Å². The Hall–Kier alpha value is -1.58. The minimum atomic E-state index is -0.0867. The van der Waals surface area contributed by atoms with Crippen molar-refractivity contribution in [3.05, 3.63) is 24.0 Å². The Kier molecular flexibility index (Phi) is 5.84. The predicted molar refractivity (Wildman–Crippen MR) is 82.0 cm³/mol. The number of hydrogen-bond donors (Lipinski definition) is 2. The van der Waals surface area contributed by atoms with Crippen LogP contribution in [0.25, 0.3) is 0 Å². The predicted octanol–water partition coefficient (Wildman–Crippen LogP) is 3.36. The van der Waals surface area contributed by atoms with Gasteiger partial charge in [0.15, 0.2) is 0 Å². The third kappa shape index (κ3) is 4.51. The molecule has 20 heavy (non-hydrogen) atoms. The normalized spacial score (nSPS) is 16.4. The quantitative estimate of drug-likeness (QED) is 0.810. The molecular formula is C16H25N3O. The molecule has 1 aromatic rings. The first-order valence-electron chi connectivity index (χ1n) is 7.80. The van der Waals surface area contributed by atoms with Gasteiger partial charge in [0.25, 0.3) is 5.91 Å². The average molecular weight is 275 g/mol. The number of amides is 1. The lowest BCUT2D eigenvalue weighted by Crippen LogP contribution is -2.25. The number of hydrogen-bond acceptors (Lipinski definition) is 3. The highest BCUT2D eigenvalue weighted by Crippen LogP contribution is 2.21. The summed E-state index contributed by atoms with van der Waals surface area (Å²) in [7, 11) is 0. The van der Waals surface area contributed by atoms with E-state index in [0.717, 1.165) is 12.1 Å². The van der Waals surface area contributed by atoms with Crippen LogP contribution in [0.4, 0.5) is 5.69 Å². The van der Waals surface area contributed by atoms with Crippen molar-refractivity contribution in [1.29, 1.82) is 0 Å². The molecule has 0 atom stereocenters. The Morgan fingerprint density at radius 1 is 1.30 bits per heavy atom. The molecule has 0 radical (unpaired) electrons. The topological polar surface area (TPSA) is 54.0 Å². The first kappa shape index (κ1) is 14.8. The Balaban J connectivity index is 1.96. The number of nitrogens with one attached hydrogen (secondary N) is 2. The van der Waals surface area contributed by atoms with Gasteiger partial charge in [-0.1, -0.05) is 32.6 Å². The standard InChI is InChI=1S/C16H25N3O/c1-2-10-18-16(20)15-12-14(9-11-17-15)19-13-7-5-3-4-6-8-13/h9,11-13H,2-8,10H2,1H3,(H,17,19)(H,18,20). The summed E-state index contributed by atoms with van der Waals surface area (Å²) in [6.45, 7) is 2.73. The molecule has 1 aliphatic carbocycles. The molecule has 110 valence electrons. The molecule has 0 saturated heterocycles. The van der Waals surface area contributed by atoms with Gasteiger partial charge in [-0.25, -0.2) is 0 Å². The minimum Gasteiger partial charge on any atom is -0.382 e. The Morgan fingerprint density at radius 2 is 2.05 bits per heavy atom. The number of aromatic nitrogens is 1. The van der Waals surface area contributed by atoms with Gasteiger partial charge in [-0.05, 0) is 31.4 Å². The highest BCUT2D eigenvalue weighted by molar-refractivity contribution is 5.93. The number of nitrogens with zero attached hydrogens (tertiary/aromatic N) is 1. The average Bonchev–Trinajstić information content (AvgIpc) is 2.73. The maximum absolute atomic E-state index is 11.9. The number of carbonyl (C=O) groups is 1. The lowest BCUT2D eigenvalue weighted by molar-refractivity contribution is 0.0948. The van der Waals surface area contributed by atoms with Gasteiger partial charge < -0.3 is 10.6 Å². The first-order chi connectivity index (χ1) is 9.79. The summed E-state index contributed by atoms with van der Waals surface area (Å²) in [5.74, 6) is -0.0867. The summed E-state index contributed by atoms with van der Waals surface area (Å²) in [6, 6.07) is 4.34. The van der Waals surface area contributed by atoms with E-state index in [1.807, 2.05) is 19.1 Å². The van der Waals surface area contributed by atoms with Gasteiger partial charge in [0, 0.05) is 24.5 Å². The lowest BCUT2D eigenvalue weighted by Gasteiger charge is -2.17. The van der Waals surface area contributed by atoms with E-state index in [9.17, 15) is 4.79 Å². The van der Waals surface area contributed by atoms with Crippen molar-refractivity contribution in [2.75, 3.05) is 11.9 Å². The molecule has 0 aliphatic heterocycles. The van der Waals surface area contributed by atoms with Crippen LogP contribution < -0.4 is 10.6 Å². The highest BCUT2D eigenvalue weighted by Gasteiger charge is 2.13. The maximum atomic E-state index is 11.9. The van der Waals surface area contributed by atoms with E-state index in [1.165, 1.54) is 38.5 Å². The van der Waals surface area contributed by atoms with Crippen LogP contribution in [0, 0.1) is 0 Å². The molecule has 0 spiro atoms. The molecule has 1 amide bonds. The van der Waals surface area contributed by atoms with E-state index in [0.29, 0.717) is 18.3 Å². The van der Waals surface area contributed by atoms with Crippen molar-refractivity contribution in [1.82, 2.24) is 10.3 Å². The van der Waals surface area contributed by atoms with Crippen molar-refractivity contribution < 1.29 is 4.79 Å². The molecule has 1 saturated carbocycles. The zero-order chi connectivity index (χ0) is 14.2. The molecule has 1 aliphatic rings. The largest absolute Gasteiger partial charge is 0.382 e. The molecule has 0 aromatic carbocycles. The summed E-state index contributed by atoms with van der Waals surface area (Å²) in [4.78, 5) is 16.1. The zero-order valence-electron chi connectivity index (χ0n) is 12.3. The second-order valence-electron chi connectivity index (χ2n) is 5.52. The molecule has 4 heteroatoms. The zero-order valence-corrected chi connectivity index (χ0v) is 12.3. The molecular weight excluding hydrogens is 250 g/mol. The Morgan fingerprint density at radius 3 is 2.75 bits per heavy atom. The van der Waals surface area contributed by atoms with Crippen LogP contribution in [-0.4, -0.2) is 23.5 Å². The molecule has 0 unspecified atom stereocenters. The maximum Gasteiger partial charge on any atom is 0.269 e. The summed E-state index contributed by atoms with van der Waals surface area (Å²) in [5, 5.41) is 6.41. The minimum absolute atomic E-state index is 0.0867. The van der Waals surface area contributed by atoms with Gasteiger partial charge in [-0.15, -0.1) is 0 Å². The van der Waals surface area contributed by atoms with Crippen LogP contribution in [0.2, 0.25) is 0 Å². The second-order valence-corrected chi connectivity index (χ2v) is 5.52. The third-order valence-electron chi connectivity index (χ3n) is 3.75. The molecule has 2 N–H and O–H groups in total. The number of rotatable bonds is 5. The molecule has 0 bridgehead atoms. The summed E-state index contributed by atoms with van der Waals surface area (Å²) < 4.78 is 0. The first-order valence-corrected chi connectivity index (χ1v) is 7.80.